The van der Waals surface area contributed by atoms with Crippen LogP contribution in [0.1, 0.15) is 47.8 Å². The van der Waals surface area contributed by atoms with Crippen molar-refractivity contribution in [3.63, 3.8) is 0 Å². The SMILES string of the molecule is Cc1cc(CNc2ccc(Cl)nc2-c2cc(F)c3c(c2)COB3O)c2oc(C(C)C)c(C)c(=O)c2c1. The van der Waals surface area contributed by atoms with Gasteiger partial charge in [-0.2, -0.15) is 0 Å². The Balaban J connectivity index is 1.56. The van der Waals surface area contributed by atoms with Crippen molar-refractivity contribution in [3.05, 3.63) is 85.6 Å². The second kappa shape index (κ2) is 9.35. The maximum absolute atomic E-state index is 14.8. The number of rotatable bonds is 5. The molecule has 4 aromatic rings. The predicted molar refractivity (Wildman–Crippen MR) is 140 cm³/mol. The van der Waals surface area contributed by atoms with E-state index in [9.17, 15) is 14.2 Å². The van der Waals surface area contributed by atoms with Crippen LogP contribution in [0.3, 0.4) is 0 Å². The second-order valence-corrected chi connectivity index (χ2v) is 9.84. The Kier molecular flexibility index (Phi) is 6.36. The van der Waals surface area contributed by atoms with Gasteiger partial charge in [0.2, 0.25) is 0 Å². The summed E-state index contributed by atoms with van der Waals surface area (Å²) in [6.07, 6.45) is 0. The third-order valence-corrected chi connectivity index (χ3v) is 6.67. The summed E-state index contributed by atoms with van der Waals surface area (Å²) in [5.41, 5.74) is 5.21. The number of halogens is 2. The summed E-state index contributed by atoms with van der Waals surface area (Å²) in [4.78, 5) is 17.5. The quantitative estimate of drug-likeness (QED) is 0.285. The minimum absolute atomic E-state index is 0.0308. The number of nitrogens with zero attached hydrogens (tertiary/aromatic N) is 1. The van der Waals surface area contributed by atoms with Gasteiger partial charge in [-0.25, -0.2) is 9.37 Å². The zero-order chi connectivity index (χ0) is 25.7. The summed E-state index contributed by atoms with van der Waals surface area (Å²) in [6, 6.07) is 10.3. The van der Waals surface area contributed by atoms with Crippen molar-refractivity contribution in [2.24, 2.45) is 0 Å². The van der Waals surface area contributed by atoms with Gasteiger partial charge in [-0.3, -0.25) is 4.79 Å². The fourth-order valence-electron chi connectivity index (χ4n) is 4.77. The van der Waals surface area contributed by atoms with Gasteiger partial charge in [-0.15, -0.1) is 0 Å². The van der Waals surface area contributed by atoms with Gasteiger partial charge in [0.1, 0.15) is 22.3 Å². The Morgan fingerprint density at radius 1 is 1.22 bits per heavy atom. The first-order chi connectivity index (χ1) is 17.1. The van der Waals surface area contributed by atoms with Crippen molar-refractivity contribution in [2.45, 2.75) is 46.8 Å². The Morgan fingerprint density at radius 2 is 2.00 bits per heavy atom. The molecule has 5 rings (SSSR count). The molecule has 1 aliphatic heterocycles. The number of aryl methyl sites for hydroxylation is 1. The lowest BCUT2D eigenvalue weighted by molar-refractivity contribution is 0.275. The molecular weight excluding hydrogens is 482 g/mol. The minimum atomic E-state index is -1.28. The number of aromatic nitrogens is 1. The third kappa shape index (κ3) is 4.30. The van der Waals surface area contributed by atoms with Crippen LogP contribution >= 0.6 is 11.6 Å². The highest BCUT2D eigenvalue weighted by Gasteiger charge is 2.31. The number of hydrogen-bond donors (Lipinski definition) is 2. The monoisotopic (exact) mass is 506 g/mol. The van der Waals surface area contributed by atoms with Crippen LogP contribution in [0.5, 0.6) is 0 Å². The van der Waals surface area contributed by atoms with Gasteiger partial charge in [-0.05, 0) is 55.3 Å². The van der Waals surface area contributed by atoms with E-state index < -0.39 is 12.9 Å². The molecule has 1 aliphatic rings. The fraction of sp³-hybridized carbons (Fsp3) is 0.259. The van der Waals surface area contributed by atoms with Gasteiger partial charge in [0.05, 0.1) is 23.4 Å². The second-order valence-electron chi connectivity index (χ2n) is 9.45. The number of pyridine rings is 1. The predicted octanol–water partition coefficient (Wildman–Crippen LogP) is 5.22. The van der Waals surface area contributed by atoms with E-state index in [0.717, 1.165) is 11.1 Å². The molecule has 0 radical (unpaired) electrons. The van der Waals surface area contributed by atoms with Crippen LogP contribution in [-0.2, 0) is 17.8 Å². The van der Waals surface area contributed by atoms with E-state index in [1.54, 1.807) is 25.1 Å². The van der Waals surface area contributed by atoms with E-state index >= 15 is 0 Å². The van der Waals surface area contributed by atoms with Crippen LogP contribution in [0.2, 0.25) is 5.15 Å². The van der Waals surface area contributed by atoms with Crippen LogP contribution in [-0.4, -0.2) is 17.1 Å². The van der Waals surface area contributed by atoms with Crippen LogP contribution in [0.15, 0.2) is 45.6 Å². The van der Waals surface area contributed by atoms with Crippen molar-refractivity contribution in [1.82, 2.24) is 4.98 Å². The molecule has 2 aromatic heterocycles. The molecule has 2 aromatic carbocycles. The van der Waals surface area contributed by atoms with E-state index in [4.69, 9.17) is 20.7 Å². The number of anilines is 1. The molecule has 184 valence electrons. The van der Waals surface area contributed by atoms with Crippen molar-refractivity contribution >= 4 is 40.8 Å². The summed E-state index contributed by atoms with van der Waals surface area (Å²) in [7, 11) is -1.28. The average molecular weight is 507 g/mol. The Bertz CT molecular complexity index is 1570. The maximum atomic E-state index is 14.8. The van der Waals surface area contributed by atoms with Crippen LogP contribution in [0, 0.1) is 19.7 Å². The van der Waals surface area contributed by atoms with Crippen LogP contribution < -0.4 is 16.2 Å². The van der Waals surface area contributed by atoms with E-state index in [-0.39, 0.29) is 28.6 Å². The van der Waals surface area contributed by atoms with E-state index in [0.29, 0.717) is 51.3 Å². The highest BCUT2D eigenvalue weighted by Crippen LogP contribution is 2.32. The highest BCUT2D eigenvalue weighted by atomic mass is 35.5. The van der Waals surface area contributed by atoms with Gasteiger partial charge in [-0.1, -0.05) is 31.5 Å². The smallest absolute Gasteiger partial charge is 0.460 e. The van der Waals surface area contributed by atoms with E-state index in [1.807, 2.05) is 32.9 Å². The molecule has 0 atom stereocenters. The zero-order valence-electron chi connectivity index (χ0n) is 20.4. The molecule has 0 spiro atoms. The van der Waals surface area contributed by atoms with Gasteiger partial charge < -0.3 is 19.4 Å². The molecule has 0 saturated heterocycles. The Morgan fingerprint density at radius 3 is 2.75 bits per heavy atom. The summed E-state index contributed by atoms with van der Waals surface area (Å²) in [5.74, 6) is 0.168. The van der Waals surface area contributed by atoms with Gasteiger partial charge in [0.25, 0.3) is 0 Å². The molecule has 0 amide bonds. The minimum Gasteiger partial charge on any atom is -0.460 e. The third-order valence-electron chi connectivity index (χ3n) is 6.46. The number of fused-ring (bicyclic) bond motifs is 2. The van der Waals surface area contributed by atoms with Crippen LogP contribution in [0.4, 0.5) is 10.1 Å². The first-order valence-electron chi connectivity index (χ1n) is 11.7. The average Bonchev–Trinajstić information content (AvgIpc) is 3.21. The van der Waals surface area contributed by atoms with Gasteiger partial charge in [0.15, 0.2) is 5.43 Å². The van der Waals surface area contributed by atoms with Crippen molar-refractivity contribution in [2.75, 3.05) is 5.32 Å². The molecule has 36 heavy (non-hydrogen) atoms. The summed E-state index contributed by atoms with van der Waals surface area (Å²) in [5, 5.41) is 14.1. The van der Waals surface area contributed by atoms with Crippen molar-refractivity contribution in [1.29, 1.82) is 0 Å². The first-order valence-corrected chi connectivity index (χ1v) is 12.1. The number of benzene rings is 2. The molecule has 0 bridgehead atoms. The summed E-state index contributed by atoms with van der Waals surface area (Å²) < 4.78 is 26.2. The standard InChI is InChI=1S/C27H25BClFN2O4/c1-13(2)26-15(4)25(33)19-8-14(3)7-17(27(19)36-26)11-31-21-5-6-22(29)32-24(21)16-9-18-12-35-28(34)23(18)20(30)10-16/h5-10,13,31,34H,11-12H2,1-4H3. The number of hydrogen-bond acceptors (Lipinski definition) is 6. The molecule has 9 heteroatoms. The lowest BCUT2D eigenvalue weighted by Gasteiger charge is -2.16. The Labute approximate surface area is 213 Å². The maximum Gasteiger partial charge on any atom is 0.494 e. The normalized spacial score (nSPS) is 13.1. The number of nitrogens with one attached hydrogen (secondary N) is 1. The Hall–Kier alpha value is -3.20. The molecule has 6 nitrogen and oxygen atoms in total. The van der Waals surface area contributed by atoms with Gasteiger partial charge in [0, 0.05) is 34.6 Å². The van der Waals surface area contributed by atoms with Gasteiger partial charge >= 0.3 is 7.12 Å². The zero-order valence-corrected chi connectivity index (χ0v) is 21.2. The first kappa shape index (κ1) is 24.5. The summed E-state index contributed by atoms with van der Waals surface area (Å²) >= 11 is 6.20. The molecule has 0 aliphatic carbocycles. The molecule has 0 saturated carbocycles. The molecule has 0 unspecified atom stereocenters. The molecule has 0 fully saturated rings. The highest BCUT2D eigenvalue weighted by molar-refractivity contribution is 6.61. The molecular formula is C27H25BClFN2O4. The summed E-state index contributed by atoms with van der Waals surface area (Å²) in [6.45, 7) is 8.17. The lowest BCUT2D eigenvalue weighted by atomic mass is 9.78. The largest absolute Gasteiger partial charge is 0.494 e. The molecule has 3 heterocycles. The fourth-order valence-corrected chi connectivity index (χ4v) is 4.92. The van der Waals surface area contributed by atoms with E-state index in [2.05, 4.69) is 10.3 Å². The van der Waals surface area contributed by atoms with E-state index in [1.165, 1.54) is 6.07 Å². The topological polar surface area (TPSA) is 84.6 Å². The van der Waals surface area contributed by atoms with Crippen LogP contribution in [0.25, 0.3) is 22.2 Å². The molecule has 2 N–H and O–H groups in total. The lowest BCUT2D eigenvalue weighted by Crippen LogP contribution is -2.31. The van der Waals surface area contributed by atoms with Crippen molar-refractivity contribution < 1.29 is 18.5 Å². The van der Waals surface area contributed by atoms with Crippen molar-refractivity contribution in [3.8, 4) is 11.3 Å².